The Balaban J connectivity index is 1.50. The molecule has 0 radical (unpaired) electrons. The Bertz CT molecular complexity index is 869. The van der Waals surface area contributed by atoms with Crippen molar-refractivity contribution in [3.8, 4) is 10.4 Å². The first kappa shape index (κ1) is 16.8. The molecule has 2 heterocycles. The summed E-state index contributed by atoms with van der Waals surface area (Å²) in [5.74, 6) is -0.0949. The Morgan fingerprint density at radius 2 is 1.73 bits per heavy atom. The Kier molecular flexibility index (Phi) is 5.00. The summed E-state index contributed by atoms with van der Waals surface area (Å²) in [4.78, 5) is 16.1. The van der Waals surface area contributed by atoms with Crippen LogP contribution in [0.2, 0.25) is 0 Å². The molecule has 1 saturated heterocycles. The second-order valence-electron chi connectivity index (χ2n) is 6.12. The van der Waals surface area contributed by atoms with Crippen LogP contribution < -0.4 is 10.2 Å². The number of amides is 1. The van der Waals surface area contributed by atoms with Crippen molar-refractivity contribution in [2.75, 3.05) is 36.5 Å². The number of para-hydroxylation sites is 1. The summed E-state index contributed by atoms with van der Waals surface area (Å²) in [6.07, 6.45) is 0. The van der Waals surface area contributed by atoms with Gasteiger partial charge >= 0.3 is 0 Å². The van der Waals surface area contributed by atoms with Crippen LogP contribution in [0.15, 0.2) is 66.0 Å². The maximum absolute atomic E-state index is 12.7. The van der Waals surface area contributed by atoms with Gasteiger partial charge in [-0.3, -0.25) is 4.79 Å². The highest BCUT2D eigenvalue weighted by Crippen LogP contribution is 2.31. The predicted octanol–water partition coefficient (Wildman–Crippen LogP) is 4.50. The molecular formula is C21H20N2O2S. The quantitative estimate of drug-likeness (QED) is 0.741. The van der Waals surface area contributed by atoms with Crippen LogP contribution in [0, 0.1) is 0 Å². The summed E-state index contributed by atoms with van der Waals surface area (Å²) in [5.41, 5.74) is 3.66. The number of carbonyl (C=O) groups excluding carboxylic acids is 1. The number of hydrogen-bond donors (Lipinski definition) is 1. The molecule has 0 atom stereocenters. The van der Waals surface area contributed by atoms with E-state index in [0.29, 0.717) is 5.56 Å². The minimum Gasteiger partial charge on any atom is -0.378 e. The number of hydrogen-bond acceptors (Lipinski definition) is 4. The third-order valence-electron chi connectivity index (χ3n) is 4.47. The van der Waals surface area contributed by atoms with Crippen LogP contribution in [-0.4, -0.2) is 32.2 Å². The minimum atomic E-state index is -0.0949. The van der Waals surface area contributed by atoms with Crippen molar-refractivity contribution in [2.45, 2.75) is 0 Å². The number of nitrogens with zero attached hydrogens (tertiary/aromatic N) is 1. The number of anilines is 2. The van der Waals surface area contributed by atoms with E-state index in [1.807, 2.05) is 60.0 Å². The molecule has 0 unspecified atom stereocenters. The molecule has 5 heteroatoms. The van der Waals surface area contributed by atoms with Gasteiger partial charge in [0.15, 0.2) is 0 Å². The zero-order chi connectivity index (χ0) is 17.8. The Labute approximate surface area is 157 Å². The Morgan fingerprint density at radius 1 is 0.962 bits per heavy atom. The van der Waals surface area contributed by atoms with Crippen molar-refractivity contribution in [2.24, 2.45) is 0 Å². The van der Waals surface area contributed by atoms with Gasteiger partial charge in [0.2, 0.25) is 0 Å². The van der Waals surface area contributed by atoms with Crippen LogP contribution in [0.25, 0.3) is 10.4 Å². The molecule has 1 fully saturated rings. The van der Waals surface area contributed by atoms with Gasteiger partial charge in [-0.2, -0.15) is 0 Å². The molecule has 1 N–H and O–H groups in total. The lowest BCUT2D eigenvalue weighted by Gasteiger charge is -2.28. The molecule has 2 aromatic carbocycles. The zero-order valence-electron chi connectivity index (χ0n) is 14.4. The van der Waals surface area contributed by atoms with Gasteiger partial charge in [-0.25, -0.2) is 0 Å². The fraction of sp³-hybridized carbons (Fsp3) is 0.190. The van der Waals surface area contributed by atoms with E-state index in [-0.39, 0.29) is 5.91 Å². The van der Waals surface area contributed by atoms with Crippen molar-refractivity contribution >= 4 is 28.6 Å². The van der Waals surface area contributed by atoms with Gasteiger partial charge < -0.3 is 15.0 Å². The predicted molar refractivity (Wildman–Crippen MR) is 107 cm³/mol. The van der Waals surface area contributed by atoms with Crippen molar-refractivity contribution in [1.82, 2.24) is 0 Å². The van der Waals surface area contributed by atoms with Gasteiger partial charge in [0, 0.05) is 40.5 Å². The molecule has 0 aliphatic carbocycles. The first-order valence-corrected chi connectivity index (χ1v) is 9.56. The van der Waals surface area contributed by atoms with Crippen LogP contribution in [0.5, 0.6) is 0 Å². The molecule has 1 aliphatic rings. The molecule has 4 nitrogen and oxygen atoms in total. The lowest BCUT2D eigenvalue weighted by atomic mass is 10.1. The monoisotopic (exact) mass is 364 g/mol. The summed E-state index contributed by atoms with van der Waals surface area (Å²) in [5, 5.41) is 5.09. The molecule has 132 valence electrons. The van der Waals surface area contributed by atoms with Crippen molar-refractivity contribution in [1.29, 1.82) is 0 Å². The van der Waals surface area contributed by atoms with Crippen LogP contribution in [0.3, 0.4) is 0 Å². The van der Waals surface area contributed by atoms with Crippen molar-refractivity contribution in [3.63, 3.8) is 0 Å². The lowest BCUT2D eigenvalue weighted by Crippen LogP contribution is -2.36. The number of ether oxygens (including phenoxy) is 1. The summed E-state index contributed by atoms with van der Waals surface area (Å²) in [6.45, 7) is 3.28. The third-order valence-corrected chi connectivity index (χ3v) is 5.37. The molecule has 1 aliphatic heterocycles. The normalized spacial score (nSPS) is 14.2. The molecule has 3 aromatic rings. The molecule has 4 rings (SSSR count). The van der Waals surface area contributed by atoms with Crippen LogP contribution >= 0.6 is 11.3 Å². The number of thiophene rings is 1. The molecule has 1 amide bonds. The standard InChI is InChI=1S/C21H20N2O2S/c24-21(16-7-9-17(10-8-16)23-11-13-25-14-12-23)22-19-5-2-1-4-18(19)20-6-3-15-26-20/h1-10,15H,11-14H2,(H,22,24). The highest BCUT2D eigenvalue weighted by Gasteiger charge is 2.13. The summed E-state index contributed by atoms with van der Waals surface area (Å²) < 4.78 is 5.39. The van der Waals surface area contributed by atoms with Gasteiger partial charge in [0.05, 0.1) is 13.2 Å². The summed E-state index contributed by atoms with van der Waals surface area (Å²) in [6, 6.07) is 19.8. The van der Waals surface area contributed by atoms with Crippen molar-refractivity contribution < 1.29 is 9.53 Å². The smallest absolute Gasteiger partial charge is 0.255 e. The highest BCUT2D eigenvalue weighted by molar-refractivity contribution is 7.13. The molecule has 26 heavy (non-hydrogen) atoms. The zero-order valence-corrected chi connectivity index (χ0v) is 15.2. The largest absolute Gasteiger partial charge is 0.378 e. The number of morpholine rings is 1. The lowest BCUT2D eigenvalue weighted by molar-refractivity contribution is 0.102. The van der Waals surface area contributed by atoms with E-state index in [2.05, 4.69) is 16.3 Å². The van der Waals surface area contributed by atoms with E-state index in [9.17, 15) is 4.79 Å². The number of carbonyl (C=O) groups is 1. The maximum atomic E-state index is 12.7. The van der Waals surface area contributed by atoms with Crippen LogP contribution in [-0.2, 0) is 4.74 Å². The second-order valence-corrected chi connectivity index (χ2v) is 7.07. The molecule has 0 bridgehead atoms. The third kappa shape index (κ3) is 3.64. The average Bonchev–Trinajstić information content (AvgIpc) is 3.24. The first-order chi connectivity index (χ1) is 12.8. The molecular weight excluding hydrogens is 344 g/mol. The van der Waals surface area contributed by atoms with E-state index in [0.717, 1.165) is 48.1 Å². The summed E-state index contributed by atoms with van der Waals surface area (Å²) in [7, 11) is 0. The van der Waals surface area contributed by atoms with Gasteiger partial charge in [-0.05, 0) is 41.8 Å². The average molecular weight is 364 g/mol. The van der Waals surface area contributed by atoms with E-state index in [1.165, 1.54) is 0 Å². The second kappa shape index (κ2) is 7.72. The van der Waals surface area contributed by atoms with Crippen molar-refractivity contribution in [3.05, 3.63) is 71.6 Å². The first-order valence-electron chi connectivity index (χ1n) is 8.68. The number of rotatable bonds is 4. The highest BCUT2D eigenvalue weighted by atomic mass is 32.1. The molecule has 0 spiro atoms. The van der Waals surface area contributed by atoms with Crippen LogP contribution in [0.1, 0.15) is 10.4 Å². The summed E-state index contributed by atoms with van der Waals surface area (Å²) >= 11 is 1.66. The Morgan fingerprint density at radius 3 is 2.46 bits per heavy atom. The van der Waals surface area contributed by atoms with E-state index in [1.54, 1.807) is 11.3 Å². The van der Waals surface area contributed by atoms with Gasteiger partial charge in [-0.1, -0.05) is 24.3 Å². The van der Waals surface area contributed by atoms with E-state index in [4.69, 9.17) is 4.74 Å². The Hall–Kier alpha value is -2.63. The topological polar surface area (TPSA) is 41.6 Å². The van der Waals surface area contributed by atoms with E-state index >= 15 is 0 Å². The molecule has 1 aromatic heterocycles. The van der Waals surface area contributed by atoms with Gasteiger partial charge in [0.25, 0.3) is 5.91 Å². The number of nitrogens with one attached hydrogen (secondary N) is 1. The fourth-order valence-corrected chi connectivity index (χ4v) is 3.84. The van der Waals surface area contributed by atoms with Gasteiger partial charge in [0.1, 0.15) is 0 Å². The van der Waals surface area contributed by atoms with Gasteiger partial charge in [-0.15, -0.1) is 11.3 Å². The maximum Gasteiger partial charge on any atom is 0.255 e. The number of benzene rings is 2. The fourth-order valence-electron chi connectivity index (χ4n) is 3.08. The molecule has 0 saturated carbocycles. The van der Waals surface area contributed by atoms with E-state index < -0.39 is 0 Å². The minimum absolute atomic E-state index is 0.0949. The SMILES string of the molecule is O=C(Nc1ccccc1-c1cccs1)c1ccc(N2CCOCC2)cc1. The van der Waals surface area contributed by atoms with Crippen LogP contribution in [0.4, 0.5) is 11.4 Å².